The Morgan fingerprint density at radius 2 is 1.78 bits per heavy atom. The first-order valence-corrected chi connectivity index (χ1v) is 15.7. The van der Waals surface area contributed by atoms with Gasteiger partial charge in [0.15, 0.2) is 21.3 Å². The van der Waals surface area contributed by atoms with E-state index in [-0.39, 0.29) is 30.1 Å². The van der Waals surface area contributed by atoms with E-state index in [0.29, 0.717) is 41.1 Å². The number of carbonyl (C=O) groups excluding carboxylic acids is 2. The number of nitrogens with zero attached hydrogens (tertiary/aromatic N) is 8. The van der Waals surface area contributed by atoms with Gasteiger partial charge >= 0.3 is 6.15 Å². The monoisotopic (exact) mass is 644 g/mol. The normalized spacial score (nSPS) is 18.8. The van der Waals surface area contributed by atoms with Crippen LogP contribution >= 0.6 is 22.7 Å². The molecule has 0 aliphatic carbocycles. The summed E-state index contributed by atoms with van der Waals surface area (Å²) in [7, 11) is 1.98. The predicted molar refractivity (Wildman–Crippen MR) is 170 cm³/mol. The molecule has 0 aromatic carbocycles. The number of aromatic nitrogens is 5. The van der Waals surface area contributed by atoms with Gasteiger partial charge in [-0.2, -0.15) is 9.59 Å². The van der Waals surface area contributed by atoms with E-state index < -0.39 is 6.10 Å². The maximum absolute atomic E-state index is 12.9. The van der Waals surface area contributed by atoms with E-state index in [9.17, 15) is 15.0 Å². The van der Waals surface area contributed by atoms with Crippen molar-refractivity contribution >= 4 is 62.4 Å². The predicted octanol–water partition coefficient (Wildman–Crippen LogP) is 3.05. The molecule has 3 atom stereocenters. The summed E-state index contributed by atoms with van der Waals surface area (Å²) in [5.41, 5.74) is 1.85. The number of fused-ring (bicyclic) bond motifs is 2. The summed E-state index contributed by atoms with van der Waals surface area (Å²) in [6, 6.07) is 7.45. The molecule has 0 saturated carbocycles. The van der Waals surface area contributed by atoms with Gasteiger partial charge in [0.05, 0.1) is 11.4 Å². The Kier molecular flexibility index (Phi) is 8.52. The van der Waals surface area contributed by atoms with Crippen molar-refractivity contribution in [2.75, 3.05) is 41.4 Å². The first kappa shape index (κ1) is 30.2. The highest BCUT2D eigenvalue weighted by Crippen LogP contribution is 2.38. The van der Waals surface area contributed by atoms with Gasteiger partial charge in [-0.1, -0.05) is 0 Å². The standard InChI is InChI=1S/C29H28N8O3S2.CO2/c1-17-13-37(29-31-9-12-42-29)27-20(25(17)40)4-6-24(33-27)35-14-18(16-38)21(15-35)34(2)23-5-3-19-22(39)7-10-36(26(19)32-23)28-30-8-11-41-28;2-1-3/h3-13,18,21-22,38-39H,14-16H2,1-2H3;/t18-,21+,22?;/m1./s1. The van der Waals surface area contributed by atoms with Crippen LogP contribution in [0.25, 0.3) is 16.2 Å². The van der Waals surface area contributed by atoms with Crippen molar-refractivity contribution in [2.45, 2.75) is 19.1 Å². The number of hydrogen-bond donors (Lipinski definition) is 2. The summed E-state index contributed by atoms with van der Waals surface area (Å²) < 4.78 is 1.87. The fourth-order valence-corrected chi connectivity index (χ4v) is 6.96. The van der Waals surface area contributed by atoms with Crippen LogP contribution in [0, 0.1) is 12.8 Å². The maximum Gasteiger partial charge on any atom is 0.373 e. The Balaban J connectivity index is 0.00000115. The van der Waals surface area contributed by atoms with Gasteiger partial charge in [0.25, 0.3) is 0 Å². The van der Waals surface area contributed by atoms with Crippen LogP contribution in [-0.2, 0) is 9.59 Å². The van der Waals surface area contributed by atoms with Gasteiger partial charge in [-0.25, -0.2) is 19.9 Å². The molecular weight excluding hydrogens is 617 g/mol. The lowest BCUT2D eigenvalue weighted by Gasteiger charge is -2.32. The lowest BCUT2D eigenvalue weighted by Crippen LogP contribution is -2.40. The quantitative estimate of drug-likeness (QED) is 0.279. The maximum atomic E-state index is 12.9. The zero-order valence-electron chi connectivity index (χ0n) is 24.2. The molecule has 7 heterocycles. The second-order valence-electron chi connectivity index (χ2n) is 10.5. The minimum atomic E-state index is -0.750. The third-order valence-electron chi connectivity index (χ3n) is 7.94. The number of hydrogen-bond acceptors (Lipinski definition) is 14. The highest BCUT2D eigenvalue weighted by atomic mass is 32.1. The lowest BCUT2D eigenvalue weighted by atomic mass is 10.0. The van der Waals surface area contributed by atoms with Crippen LogP contribution in [0.3, 0.4) is 0 Å². The van der Waals surface area contributed by atoms with Crippen molar-refractivity contribution < 1.29 is 19.8 Å². The second kappa shape index (κ2) is 12.7. The zero-order valence-corrected chi connectivity index (χ0v) is 25.9. The smallest absolute Gasteiger partial charge is 0.373 e. The number of pyridine rings is 3. The number of anilines is 4. The van der Waals surface area contributed by atoms with E-state index in [1.54, 1.807) is 37.8 Å². The van der Waals surface area contributed by atoms with Gasteiger partial charge in [0.2, 0.25) is 0 Å². The Morgan fingerprint density at radius 1 is 1.04 bits per heavy atom. The second-order valence-corrected chi connectivity index (χ2v) is 12.3. The molecule has 13 nitrogen and oxygen atoms in total. The van der Waals surface area contributed by atoms with Crippen LogP contribution in [0.15, 0.2) is 70.7 Å². The summed E-state index contributed by atoms with van der Waals surface area (Å²) >= 11 is 2.98. The van der Waals surface area contributed by atoms with Crippen molar-refractivity contribution in [3.63, 3.8) is 0 Å². The molecule has 2 aliphatic rings. The van der Waals surface area contributed by atoms with Crippen LogP contribution in [0.1, 0.15) is 17.2 Å². The van der Waals surface area contributed by atoms with Crippen molar-refractivity contribution in [1.82, 2.24) is 24.5 Å². The molecule has 45 heavy (non-hydrogen) atoms. The Morgan fingerprint density at radius 3 is 2.47 bits per heavy atom. The third-order valence-corrected chi connectivity index (χ3v) is 9.49. The molecule has 0 bridgehead atoms. The average molecular weight is 645 g/mol. The summed E-state index contributed by atoms with van der Waals surface area (Å²) in [4.78, 5) is 54.1. The minimum Gasteiger partial charge on any atom is -0.396 e. The molecule has 5 aromatic heterocycles. The highest BCUT2D eigenvalue weighted by Gasteiger charge is 2.37. The number of aliphatic hydroxyl groups is 2. The van der Waals surface area contributed by atoms with E-state index in [2.05, 4.69) is 19.8 Å². The van der Waals surface area contributed by atoms with E-state index >= 15 is 0 Å². The van der Waals surface area contributed by atoms with Crippen molar-refractivity contribution in [3.8, 4) is 5.13 Å². The first-order chi connectivity index (χ1) is 21.8. The first-order valence-electron chi connectivity index (χ1n) is 13.9. The average Bonchev–Trinajstić information content (AvgIpc) is 3.85. The van der Waals surface area contributed by atoms with Crippen LogP contribution in [-0.4, -0.2) is 73.7 Å². The molecule has 1 fully saturated rings. The lowest BCUT2D eigenvalue weighted by molar-refractivity contribution is -0.191. The molecular formula is C30H28N8O5S2. The number of likely N-dealkylation sites (N-methyl/N-ethyl adjacent to an activating group) is 1. The Bertz CT molecular complexity index is 1940. The van der Waals surface area contributed by atoms with E-state index in [0.717, 1.165) is 21.9 Å². The summed E-state index contributed by atoms with van der Waals surface area (Å²) in [5, 5.41) is 26.8. The molecule has 0 radical (unpaired) electrons. The number of thiazole rings is 2. The largest absolute Gasteiger partial charge is 0.396 e. The molecule has 0 amide bonds. The van der Waals surface area contributed by atoms with Gasteiger partial charge in [0.1, 0.15) is 23.6 Å². The van der Waals surface area contributed by atoms with Crippen LogP contribution < -0.4 is 20.1 Å². The van der Waals surface area contributed by atoms with E-state index in [4.69, 9.17) is 19.6 Å². The van der Waals surface area contributed by atoms with E-state index in [1.807, 2.05) is 51.5 Å². The molecule has 0 spiro atoms. The van der Waals surface area contributed by atoms with Gasteiger partial charge in [-0.05, 0) is 37.3 Å². The van der Waals surface area contributed by atoms with Gasteiger partial charge < -0.3 is 20.0 Å². The summed E-state index contributed by atoms with van der Waals surface area (Å²) in [6.07, 6.45) is 8.29. The highest BCUT2D eigenvalue weighted by molar-refractivity contribution is 7.13. The van der Waals surface area contributed by atoms with Gasteiger partial charge in [-0.3, -0.25) is 14.3 Å². The molecule has 1 saturated heterocycles. The molecule has 5 aromatic rings. The van der Waals surface area contributed by atoms with Crippen LogP contribution in [0.2, 0.25) is 0 Å². The summed E-state index contributed by atoms with van der Waals surface area (Å²) in [6.45, 7) is 2.99. The number of aliphatic hydroxyl groups excluding tert-OH is 2. The van der Waals surface area contributed by atoms with Gasteiger partial charge in [0, 0.05) is 79.3 Å². The van der Waals surface area contributed by atoms with Gasteiger partial charge in [-0.15, -0.1) is 22.7 Å². The number of aryl methyl sites for hydroxylation is 1. The fourth-order valence-electron chi connectivity index (χ4n) is 5.71. The molecule has 2 N–H and O–H groups in total. The summed E-state index contributed by atoms with van der Waals surface area (Å²) in [5.74, 6) is 2.02. The van der Waals surface area contributed by atoms with E-state index in [1.165, 1.54) is 22.7 Å². The topological polar surface area (TPSA) is 158 Å². The van der Waals surface area contributed by atoms with Crippen molar-refractivity contribution in [3.05, 3.63) is 87.2 Å². The molecule has 7 rings (SSSR count). The van der Waals surface area contributed by atoms with Crippen molar-refractivity contribution in [1.29, 1.82) is 0 Å². The molecule has 15 heteroatoms. The zero-order chi connectivity index (χ0) is 31.7. The fraction of sp³-hybridized carbons (Fsp3) is 0.267. The minimum absolute atomic E-state index is 0.000259. The van der Waals surface area contributed by atoms with Crippen LogP contribution in [0.5, 0.6) is 0 Å². The SMILES string of the molecule is Cc1cn(-c2nccs2)c2nc(N3C[C@H](CO)[C@@H](N(C)c4ccc5c(n4)N(c4nccs4)C=CC5O)C3)ccc2c1=O.O=C=O. The number of rotatable bonds is 6. The molecule has 1 unspecified atom stereocenters. The Hall–Kier alpha value is -4.79. The Labute approximate surface area is 265 Å². The van der Waals surface area contributed by atoms with Crippen molar-refractivity contribution in [2.24, 2.45) is 5.92 Å². The third kappa shape index (κ3) is 5.63. The molecule has 2 aliphatic heterocycles. The van der Waals surface area contributed by atoms with Crippen LogP contribution in [0.4, 0.5) is 22.6 Å². The molecule has 230 valence electrons.